The quantitative estimate of drug-likeness (QED) is 0.502. The molecule has 0 aliphatic rings. The molecule has 0 aliphatic carbocycles. The summed E-state index contributed by atoms with van der Waals surface area (Å²) in [5, 5.41) is 10.8. The molecule has 4 heteroatoms. The number of rotatable bonds is 3. The van der Waals surface area contributed by atoms with Crippen LogP contribution in [0.15, 0.2) is 6.33 Å². The van der Waals surface area contributed by atoms with E-state index in [1.165, 1.54) is 0 Å². The highest BCUT2D eigenvalue weighted by atomic mass is 15.3. The first kappa shape index (κ1) is 8.75. The summed E-state index contributed by atoms with van der Waals surface area (Å²) in [6.45, 7) is 3.23. The van der Waals surface area contributed by atoms with Crippen LogP contribution in [0, 0.1) is 11.8 Å². The average molecular weight is 164 g/mol. The lowest BCUT2D eigenvalue weighted by Crippen LogP contribution is -2.16. The van der Waals surface area contributed by atoms with Gasteiger partial charge in [0.05, 0.1) is 13.1 Å². The molecule has 0 atom stereocenters. The van der Waals surface area contributed by atoms with Crippen molar-refractivity contribution in [3.63, 3.8) is 0 Å². The van der Waals surface area contributed by atoms with Crippen LogP contribution in [0.25, 0.3) is 0 Å². The van der Waals surface area contributed by atoms with Crippen LogP contribution in [0.4, 0.5) is 0 Å². The SMILES string of the molecule is CC#CCNCc1nncn1C. The number of aromatic nitrogens is 3. The van der Waals surface area contributed by atoms with Gasteiger partial charge in [-0.25, -0.2) is 0 Å². The van der Waals surface area contributed by atoms with E-state index in [1.54, 1.807) is 6.33 Å². The molecule has 1 aromatic rings. The summed E-state index contributed by atoms with van der Waals surface area (Å²) >= 11 is 0. The first-order valence-electron chi connectivity index (χ1n) is 3.78. The van der Waals surface area contributed by atoms with Crippen molar-refractivity contribution in [2.45, 2.75) is 13.5 Å². The van der Waals surface area contributed by atoms with Gasteiger partial charge in [-0.1, -0.05) is 5.92 Å². The predicted octanol–water partition coefficient (Wildman–Crippen LogP) is -0.0720. The first-order chi connectivity index (χ1) is 5.84. The molecule has 1 N–H and O–H groups in total. The van der Waals surface area contributed by atoms with Crippen LogP contribution < -0.4 is 5.32 Å². The Labute approximate surface area is 72.0 Å². The van der Waals surface area contributed by atoms with Crippen LogP contribution >= 0.6 is 0 Å². The topological polar surface area (TPSA) is 42.7 Å². The van der Waals surface area contributed by atoms with Gasteiger partial charge < -0.3 is 4.57 Å². The Morgan fingerprint density at radius 1 is 1.67 bits per heavy atom. The Morgan fingerprint density at radius 3 is 3.08 bits per heavy atom. The largest absolute Gasteiger partial charge is 0.320 e. The predicted molar refractivity (Wildman–Crippen MR) is 46.2 cm³/mol. The Hall–Kier alpha value is -1.34. The first-order valence-corrected chi connectivity index (χ1v) is 3.78. The maximum atomic E-state index is 3.92. The molecular weight excluding hydrogens is 152 g/mol. The Bertz CT molecular complexity index is 291. The van der Waals surface area contributed by atoms with Crippen molar-refractivity contribution >= 4 is 0 Å². The van der Waals surface area contributed by atoms with Gasteiger partial charge in [0.25, 0.3) is 0 Å². The molecule has 0 spiro atoms. The van der Waals surface area contributed by atoms with Gasteiger partial charge in [0, 0.05) is 7.05 Å². The summed E-state index contributed by atoms with van der Waals surface area (Å²) in [5.41, 5.74) is 0. The third-order valence-electron chi connectivity index (χ3n) is 1.48. The van der Waals surface area contributed by atoms with Crippen LogP contribution in [-0.4, -0.2) is 21.3 Å². The molecular formula is C8H12N4. The second-order valence-corrected chi connectivity index (χ2v) is 2.39. The van der Waals surface area contributed by atoms with Crippen molar-refractivity contribution in [1.82, 2.24) is 20.1 Å². The van der Waals surface area contributed by atoms with E-state index in [1.807, 2.05) is 18.5 Å². The van der Waals surface area contributed by atoms with Gasteiger partial charge in [-0.15, -0.1) is 16.1 Å². The third-order valence-corrected chi connectivity index (χ3v) is 1.48. The molecule has 0 unspecified atom stereocenters. The fourth-order valence-corrected chi connectivity index (χ4v) is 0.792. The van der Waals surface area contributed by atoms with E-state index in [0.29, 0.717) is 13.1 Å². The molecule has 64 valence electrons. The third kappa shape index (κ3) is 2.36. The zero-order chi connectivity index (χ0) is 8.81. The summed E-state index contributed by atoms with van der Waals surface area (Å²) in [6, 6.07) is 0. The fourth-order valence-electron chi connectivity index (χ4n) is 0.792. The molecule has 0 aromatic carbocycles. The number of hydrogen-bond acceptors (Lipinski definition) is 3. The van der Waals surface area contributed by atoms with Crippen LogP contribution in [0.5, 0.6) is 0 Å². The van der Waals surface area contributed by atoms with Crippen molar-refractivity contribution in [2.24, 2.45) is 7.05 Å². The van der Waals surface area contributed by atoms with Gasteiger partial charge in [0.15, 0.2) is 0 Å². The Balaban J connectivity index is 2.32. The highest BCUT2D eigenvalue weighted by Gasteiger charge is 1.96. The fraction of sp³-hybridized carbons (Fsp3) is 0.500. The lowest BCUT2D eigenvalue weighted by Gasteiger charge is -1.98. The van der Waals surface area contributed by atoms with Gasteiger partial charge in [0.2, 0.25) is 0 Å². The highest BCUT2D eigenvalue weighted by Crippen LogP contribution is 1.88. The van der Waals surface area contributed by atoms with Gasteiger partial charge in [-0.3, -0.25) is 5.32 Å². The zero-order valence-corrected chi connectivity index (χ0v) is 7.33. The van der Waals surface area contributed by atoms with E-state index in [-0.39, 0.29) is 0 Å². The Kier molecular flexibility index (Phi) is 3.30. The molecule has 0 saturated carbocycles. The molecule has 0 radical (unpaired) electrons. The number of nitrogens with zero attached hydrogens (tertiary/aromatic N) is 3. The highest BCUT2D eigenvalue weighted by molar-refractivity contribution is 4.97. The van der Waals surface area contributed by atoms with Gasteiger partial charge in [0.1, 0.15) is 12.2 Å². The van der Waals surface area contributed by atoms with E-state index in [9.17, 15) is 0 Å². The molecule has 0 bridgehead atoms. The Morgan fingerprint density at radius 2 is 2.50 bits per heavy atom. The monoisotopic (exact) mass is 164 g/mol. The number of hydrogen-bond donors (Lipinski definition) is 1. The smallest absolute Gasteiger partial charge is 0.146 e. The van der Waals surface area contributed by atoms with Gasteiger partial charge in [-0.05, 0) is 6.92 Å². The molecule has 0 amide bonds. The molecule has 0 aliphatic heterocycles. The molecule has 1 aromatic heterocycles. The molecule has 0 fully saturated rings. The standard InChI is InChI=1S/C8H12N4/c1-3-4-5-9-6-8-11-10-7-12(8)2/h7,9H,5-6H2,1-2H3. The number of aryl methyl sites for hydroxylation is 1. The minimum absolute atomic E-state index is 0.698. The molecule has 4 nitrogen and oxygen atoms in total. The van der Waals surface area contributed by atoms with Crippen molar-refractivity contribution < 1.29 is 0 Å². The van der Waals surface area contributed by atoms with Crippen molar-refractivity contribution in [3.8, 4) is 11.8 Å². The lowest BCUT2D eigenvalue weighted by atomic mass is 10.5. The summed E-state index contributed by atoms with van der Waals surface area (Å²) in [7, 11) is 1.92. The second kappa shape index (κ2) is 4.52. The van der Waals surface area contributed by atoms with Gasteiger partial charge in [-0.2, -0.15) is 0 Å². The summed E-state index contributed by atoms with van der Waals surface area (Å²) in [4.78, 5) is 0. The molecule has 1 rings (SSSR count). The van der Waals surface area contributed by atoms with Crippen molar-refractivity contribution in [3.05, 3.63) is 12.2 Å². The normalized spacial score (nSPS) is 9.17. The van der Waals surface area contributed by atoms with Crippen LogP contribution in [0.1, 0.15) is 12.7 Å². The molecule has 0 saturated heterocycles. The van der Waals surface area contributed by atoms with E-state index < -0.39 is 0 Å². The van der Waals surface area contributed by atoms with Crippen LogP contribution in [0.2, 0.25) is 0 Å². The molecule has 1 heterocycles. The van der Waals surface area contributed by atoms with Crippen LogP contribution in [0.3, 0.4) is 0 Å². The number of nitrogens with one attached hydrogen (secondary N) is 1. The summed E-state index contributed by atoms with van der Waals surface area (Å²) < 4.78 is 1.88. The molecule has 12 heavy (non-hydrogen) atoms. The van der Waals surface area contributed by atoms with Crippen LogP contribution in [-0.2, 0) is 13.6 Å². The van der Waals surface area contributed by atoms with Crippen molar-refractivity contribution in [2.75, 3.05) is 6.54 Å². The van der Waals surface area contributed by atoms with Crippen molar-refractivity contribution in [1.29, 1.82) is 0 Å². The van der Waals surface area contributed by atoms with E-state index >= 15 is 0 Å². The lowest BCUT2D eigenvalue weighted by molar-refractivity contribution is 0.683. The maximum Gasteiger partial charge on any atom is 0.146 e. The van der Waals surface area contributed by atoms with E-state index in [4.69, 9.17) is 0 Å². The summed E-state index contributed by atoms with van der Waals surface area (Å²) in [5.74, 6) is 6.64. The second-order valence-electron chi connectivity index (χ2n) is 2.39. The zero-order valence-electron chi connectivity index (χ0n) is 7.33. The summed E-state index contributed by atoms with van der Waals surface area (Å²) in [6.07, 6.45) is 1.68. The minimum Gasteiger partial charge on any atom is -0.320 e. The van der Waals surface area contributed by atoms with Gasteiger partial charge >= 0.3 is 0 Å². The maximum absolute atomic E-state index is 3.92. The average Bonchev–Trinajstić information content (AvgIpc) is 2.46. The minimum atomic E-state index is 0.698. The van der Waals surface area contributed by atoms with E-state index in [2.05, 4.69) is 27.4 Å². The van der Waals surface area contributed by atoms with E-state index in [0.717, 1.165) is 5.82 Å².